The summed E-state index contributed by atoms with van der Waals surface area (Å²) >= 11 is 0. The van der Waals surface area contributed by atoms with Crippen molar-refractivity contribution in [1.29, 1.82) is 0 Å². The van der Waals surface area contributed by atoms with Crippen LogP contribution in [0.25, 0.3) is 5.65 Å². The number of aromatic nitrogens is 3. The average Bonchev–Trinajstić information content (AvgIpc) is 3.06. The summed E-state index contributed by atoms with van der Waals surface area (Å²) in [5, 5.41) is 14.8. The Kier molecular flexibility index (Phi) is 5.93. The van der Waals surface area contributed by atoms with Gasteiger partial charge in [-0.3, -0.25) is 4.40 Å². The molecule has 0 saturated heterocycles. The summed E-state index contributed by atoms with van der Waals surface area (Å²) in [6, 6.07) is 11.0. The Bertz CT molecular complexity index is 1100. The summed E-state index contributed by atoms with van der Waals surface area (Å²) in [5.74, 6) is 1.44. The van der Waals surface area contributed by atoms with E-state index in [1.54, 1.807) is 19.1 Å². The van der Waals surface area contributed by atoms with Crippen LogP contribution in [-0.2, 0) is 22.9 Å². The second kappa shape index (κ2) is 8.39. The number of nitrogens with one attached hydrogen (secondary N) is 2. The Balaban J connectivity index is 1.71. The molecule has 0 aliphatic heterocycles. The molecule has 148 valence electrons. The highest BCUT2D eigenvalue weighted by atomic mass is 32.2. The fourth-order valence-corrected chi connectivity index (χ4v) is 3.87. The Morgan fingerprint density at radius 2 is 2.00 bits per heavy atom. The van der Waals surface area contributed by atoms with Gasteiger partial charge in [-0.1, -0.05) is 18.2 Å². The maximum absolute atomic E-state index is 11.7. The van der Waals surface area contributed by atoms with Gasteiger partial charge in [0.25, 0.3) is 0 Å². The maximum atomic E-state index is 11.7. The van der Waals surface area contributed by atoms with Crippen molar-refractivity contribution in [3.8, 4) is 0 Å². The van der Waals surface area contributed by atoms with Crippen LogP contribution in [0.2, 0.25) is 0 Å². The zero-order valence-corrected chi connectivity index (χ0v) is 17.0. The first-order chi connectivity index (χ1) is 13.4. The molecule has 0 radical (unpaired) electrons. The smallest absolute Gasteiger partial charge is 0.191 e. The summed E-state index contributed by atoms with van der Waals surface area (Å²) in [4.78, 5) is 4.93. The number of guanidine groups is 1. The normalized spacial score (nSPS) is 12.3. The first-order valence-electron chi connectivity index (χ1n) is 8.99. The minimum atomic E-state index is -3.22. The van der Waals surface area contributed by atoms with Crippen molar-refractivity contribution < 1.29 is 8.42 Å². The predicted molar refractivity (Wildman–Crippen MR) is 109 cm³/mol. The van der Waals surface area contributed by atoms with Crippen molar-refractivity contribution in [1.82, 2.24) is 25.2 Å². The third kappa shape index (κ3) is 4.66. The maximum Gasteiger partial charge on any atom is 0.191 e. The third-order valence-corrected chi connectivity index (χ3v) is 5.46. The van der Waals surface area contributed by atoms with Crippen LogP contribution in [0.5, 0.6) is 0 Å². The Labute approximate surface area is 164 Å². The zero-order valence-electron chi connectivity index (χ0n) is 16.2. The first-order valence-corrected chi connectivity index (χ1v) is 10.9. The van der Waals surface area contributed by atoms with Gasteiger partial charge in [0.2, 0.25) is 0 Å². The molecule has 2 heterocycles. The van der Waals surface area contributed by atoms with Crippen LogP contribution in [0.3, 0.4) is 0 Å². The van der Waals surface area contributed by atoms with E-state index < -0.39 is 9.84 Å². The molecule has 3 aromatic rings. The van der Waals surface area contributed by atoms with Gasteiger partial charge in [0, 0.05) is 19.0 Å². The number of hydrogen-bond acceptors (Lipinski definition) is 5. The molecular formula is C19H24N6O2S. The lowest BCUT2D eigenvalue weighted by Gasteiger charge is -2.11. The highest BCUT2D eigenvalue weighted by Crippen LogP contribution is 2.17. The quantitative estimate of drug-likeness (QED) is 0.482. The van der Waals surface area contributed by atoms with Crippen molar-refractivity contribution in [3.63, 3.8) is 0 Å². The fraction of sp³-hybridized carbons (Fsp3) is 0.316. The van der Waals surface area contributed by atoms with Crippen molar-refractivity contribution in [2.75, 3.05) is 12.8 Å². The van der Waals surface area contributed by atoms with E-state index in [1.165, 1.54) is 6.26 Å². The minimum absolute atomic E-state index is 0.351. The molecule has 0 aliphatic carbocycles. The lowest BCUT2D eigenvalue weighted by atomic mass is 10.1. The number of fused-ring (bicyclic) bond motifs is 1. The molecule has 9 heteroatoms. The molecule has 3 rings (SSSR count). The van der Waals surface area contributed by atoms with Gasteiger partial charge in [0.15, 0.2) is 27.3 Å². The van der Waals surface area contributed by atoms with E-state index in [-0.39, 0.29) is 0 Å². The molecule has 2 N–H and O–H groups in total. The Hall–Kier alpha value is -2.94. The van der Waals surface area contributed by atoms with Crippen LogP contribution in [0.4, 0.5) is 0 Å². The second-order valence-electron chi connectivity index (χ2n) is 6.47. The van der Waals surface area contributed by atoms with Crippen molar-refractivity contribution in [3.05, 3.63) is 59.5 Å². The molecule has 0 saturated carbocycles. The topological polar surface area (TPSA) is 101 Å². The highest BCUT2D eigenvalue weighted by molar-refractivity contribution is 7.90. The van der Waals surface area contributed by atoms with Crippen LogP contribution in [0, 0.1) is 6.92 Å². The van der Waals surface area contributed by atoms with E-state index in [0.717, 1.165) is 29.1 Å². The van der Waals surface area contributed by atoms with E-state index in [9.17, 15) is 8.42 Å². The van der Waals surface area contributed by atoms with Gasteiger partial charge in [0.1, 0.15) is 0 Å². The molecule has 0 fully saturated rings. The van der Waals surface area contributed by atoms with Gasteiger partial charge in [-0.2, -0.15) is 0 Å². The van der Waals surface area contributed by atoms with Crippen LogP contribution < -0.4 is 10.6 Å². The zero-order chi connectivity index (χ0) is 20.1. The number of aryl methyl sites for hydroxylation is 1. The molecule has 2 aromatic heterocycles. The van der Waals surface area contributed by atoms with E-state index in [2.05, 4.69) is 25.8 Å². The first kappa shape index (κ1) is 19.8. The molecule has 8 nitrogen and oxygen atoms in total. The Morgan fingerprint density at radius 3 is 2.71 bits per heavy atom. The Morgan fingerprint density at radius 1 is 1.18 bits per heavy atom. The summed E-state index contributed by atoms with van der Waals surface area (Å²) in [6.45, 7) is 5.42. The molecule has 0 atom stereocenters. The summed E-state index contributed by atoms with van der Waals surface area (Å²) in [6.07, 6.45) is 3.14. The van der Waals surface area contributed by atoms with Crippen molar-refractivity contribution in [2.24, 2.45) is 4.99 Å². The largest absolute Gasteiger partial charge is 0.357 e. The number of nitrogens with zero attached hydrogens (tertiary/aromatic N) is 4. The number of aliphatic imine (C=N–C) groups is 1. The van der Waals surface area contributed by atoms with Gasteiger partial charge in [0.05, 0.1) is 18.0 Å². The molecule has 1 aromatic carbocycles. The minimum Gasteiger partial charge on any atom is -0.357 e. The molecule has 0 spiro atoms. The highest BCUT2D eigenvalue weighted by Gasteiger charge is 2.11. The number of sulfone groups is 1. The third-order valence-electron chi connectivity index (χ3n) is 4.20. The molecule has 0 unspecified atom stereocenters. The van der Waals surface area contributed by atoms with Crippen LogP contribution in [0.1, 0.15) is 23.9 Å². The van der Waals surface area contributed by atoms with Gasteiger partial charge >= 0.3 is 0 Å². The predicted octanol–water partition coefficient (Wildman–Crippen LogP) is 1.70. The van der Waals surface area contributed by atoms with E-state index in [0.29, 0.717) is 23.9 Å². The van der Waals surface area contributed by atoms with Gasteiger partial charge in [-0.15, -0.1) is 10.2 Å². The molecule has 0 aliphatic rings. The van der Waals surface area contributed by atoms with E-state index in [1.807, 2.05) is 41.8 Å². The summed E-state index contributed by atoms with van der Waals surface area (Å²) < 4.78 is 25.4. The number of benzene rings is 1. The number of rotatable bonds is 6. The van der Waals surface area contributed by atoms with E-state index >= 15 is 0 Å². The van der Waals surface area contributed by atoms with Gasteiger partial charge < -0.3 is 10.6 Å². The SMILES string of the molecule is CCNC(=NCc1ccc(S(C)(=O)=O)c(C)c1)NCc1nnc2ccccn12. The second-order valence-corrected chi connectivity index (χ2v) is 8.45. The lowest BCUT2D eigenvalue weighted by molar-refractivity contribution is 0.601. The van der Waals surface area contributed by atoms with Gasteiger partial charge in [-0.05, 0) is 43.2 Å². The molecule has 0 bridgehead atoms. The number of pyridine rings is 1. The molecule has 0 amide bonds. The fourth-order valence-electron chi connectivity index (χ4n) is 2.91. The van der Waals surface area contributed by atoms with Crippen LogP contribution in [0.15, 0.2) is 52.5 Å². The van der Waals surface area contributed by atoms with Crippen molar-refractivity contribution in [2.45, 2.75) is 31.8 Å². The standard InChI is InChI=1S/C19H24N6O2S/c1-4-20-19(22-13-18-24-23-17-7-5-6-10-25(17)18)21-12-15-8-9-16(14(2)11-15)28(3,26)27/h5-11H,4,12-13H2,1-3H3,(H2,20,21,22). The summed E-state index contributed by atoms with van der Waals surface area (Å²) in [5.41, 5.74) is 2.46. The average molecular weight is 401 g/mol. The molecular weight excluding hydrogens is 376 g/mol. The monoisotopic (exact) mass is 400 g/mol. The van der Waals surface area contributed by atoms with E-state index in [4.69, 9.17) is 0 Å². The van der Waals surface area contributed by atoms with Crippen LogP contribution >= 0.6 is 0 Å². The van der Waals surface area contributed by atoms with Crippen LogP contribution in [-0.4, -0.2) is 41.8 Å². The molecule has 28 heavy (non-hydrogen) atoms. The number of hydrogen-bond donors (Lipinski definition) is 2. The summed E-state index contributed by atoms with van der Waals surface area (Å²) in [7, 11) is -3.22. The van der Waals surface area contributed by atoms with Crippen molar-refractivity contribution >= 4 is 21.4 Å². The van der Waals surface area contributed by atoms with Gasteiger partial charge in [-0.25, -0.2) is 13.4 Å². The lowest BCUT2D eigenvalue weighted by Crippen LogP contribution is -2.37.